The summed E-state index contributed by atoms with van der Waals surface area (Å²) in [5, 5.41) is 0.407. The minimum atomic E-state index is -4.15. The van der Waals surface area contributed by atoms with Crippen LogP contribution >= 0.6 is 11.6 Å². The lowest BCUT2D eigenvalue weighted by molar-refractivity contribution is -0.132. The molecule has 4 aromatic carbocycles. The van der Waals surface area contributed by atoms with E-state index in [4.69, 9.17) is 11.6 Å². The van der Waals surface area contributed by atoms with Gasteiger partial charge in [0.05, 0.1) is 21.9 Å². The Labute approximate surface area is 270 Å². The number of hydrogen-bond acceptors (Lipinski definition) is 5. The second-order valence-electron chi connectivity index (χ2n) is 12.1. The smallest absolute Gasteiger partial charge is 0.243 e. The van der Waals surface area contributed by atoms with Gasteiger partial charge in [-0.3, -0.25) is 4.79 Å². The Kier molecular flexibility index (Phi) is 8.52. The molecule has 0 aliphatic carbocycles. The summed E-state index contributed by atoms with van der Waals surface area (Å²) in [7, 11) is -8.19. The molecule has 2 aliphatic heterocycles. The predicted octanol–water partition coefficient (Wildman–Crippen LogP) is 6.79. The highest BCUT2D eigenvalue weighted by atomic mass is 35.5. The van der Waals surface area contributed by atoms with E-state index >= 15 is 0 Å². The largest absolute Gasteiger partial charge is 0.299 e. The van der Waals surface area contributed by atoms with E-state index in [9.17, 15) is 21.6 Å². The van der Waals surface area contributed by atoms with E-state index in [0.717, 1.165) is 22.3 Å². The molecule has 0 amide bonds. The van der Waals surface area contributed by atoms with Gasteiger partial charge in [-0.25, -0.2) is 16.8 Å². The van der Waals surface area contributed by atoms with Crippen molar-refractivity contribution in [3.63, 3.8) is 0 Å². The zero-order chi connectivity index (χ0) is 32.1. The van der Waals surface area contributed by atoms with E-state index in [-0.39, 0.29) is 35.0 Å². The van der Waals surface area contributed by atoms with Crippen LogP contribution in [0.2, 0.25) is 5.02 Å². The molecule has 0 spiro atoms. The second kappa shape index (κ2) is 12.1. The molecule has 45 heavy (non-hydrogen) atoms. The molecule has 2 saturated heterocycles. The summed E-state index contributed by atoms with van der Waals surface area (Å²) in [5.74, 6) is -1.00. The fourth-order valence-corrected chi connectivity index (χ4v) is 10.2. The maximum Gasteiger partial charge on any atom is 0.243 e. The number of halogens is 1. The predicted molar refractivity (Wildman–Crippen MR) is 175 cm³/mol. The first-order valence-corrected chi connectivity index (χ1v) is 18.2. The molecule has 0 aromatic heterocycles. The SMILES string of the molecule is Cc1ccc([C@@H]2C[C@H]3[C@@H](CN2S(=O)(=O)c2ccc(C)cc2)C(=O)C[C@@H](c2ccc(C)cc2)N3S(=O)(=O)c2ccc(Cl)cc2)cc1. The normalized spacial score (nSPS) is 23.1. The third-order valence-corrected chi connectivity index (χ3v) is 13.1. The van der Waals surface area contributed by atoms with Gasteiger partial charge in [0.15, 0.2) is 0 Å². The van der Waals surface area contributed by atoms with Gasteiger partial charge in [0.2, 0.25) is 20.0 Å². The fraction of sp³-hybridized carbons (Fsp3) is 0.286. The number of hydrogen-bond donors (Lipinski definition) is 0. The van der Waals surface area contributed by atoms with Crippen LogP contribution in [0.4, 0.5) is 0 Å². The van der Waals surface area contributed by atoms with Gasteiger partial charge in [-0.05, 0) is 74.7 Å². The van der Waals surface area contributed by atoms with Crippen LogP contribution in [0, 0.1) is 26.7 Å². The Morgan fingerprint density at radius 2 is 1.07 bits per heavy atom. The first-order chi connectivity index (χ1) is 21.4. The Morgan fingerprint density at radius 3 is 1.60 bits per heavy atom. The number of piperidine rings is 2. The van der Waals surface area contributed by atoms with Crippen molar-refractivity contribution in [2.24, 2.45) is 5.92 Å². The average molecular weight is 663 g/mol. The molecule has 0 radical (unpaired) electrons. The minimum Gasteiger partial charge on any atom is -0.299 e. The molecule has 7 nitrogen and oxygen atoms in total. The van der Waals surface area contributed by atoms with Crippen LogP contribution in [0.3, 0.4) is 0 Å². The number of sulfonamides is 2. The van der Waals surface area contributed by atoms with Crippen LogP contribution < -0.4 is 0 Å². The third kappa shape index (κ3) is 6.00. The van der Waals surface area contributed by atoms with Crippen LogP contribution in [0.15, 0.2) is 107 Å². The standard InChI is InChI=1S/C35H35ClN2O5S2/c1-23-4-10-26(11-5-23)32-20-34-31(22-37(32)44(40,41)29-16-8-25(3)9-17-29)35(39)21-33(27-12-6-24(2)7-13-27)38(34)45(42,43)30-18-14-28(36)15-19-30/h4-19,31-34H,20-22H2,1-3H3/t31-,32+,33+,34+/m1/s1. The van der Waals surface area contributed by atoms with Gasteiger partial charge in [-0.2, -0.15) is 8.61 Å². The summed E-state index contributed by atoms with van der Waals surface area (Å²) >= 11 is 6.12. The van der Waals surface area contributed by atoms with Crippen molar-refractivity contribution in [3.05, 3.63) is 130 Å². The molecule has 10 heteroatoms. The van der Waals surface area contributed by atoms with Gasteiger partial charge in [0, 0.05) is 29.9 Å². The highest BCUT2D eigenvalue weighted by Crippen LogP contribution is 2.48. The lowest BCUT2D eigenvalue weighted by Gasteiger charge is -2.51. The molecule has 4 aromatic rings. The van der Waals surface area contributed by atoms with Crippen LogP contribution in [-0.2, 0) is 24.8 Å². The van der Waals surface area contributed by atoms with Gasteiger partial charge in [0.25, 0.3) is 0 Å². The Hall–Kier alpha value is -3.34. The zero-order valence-corrected chi connectivity index (χ0v) is 27.7. The Bertz CT molecular complexity index is 1930. The van der Waals surface area contributed by atoms with Gasteiger partial charge in [-0.15, -0.1) is 0 Å². The Morgan fingerprint density at radius 1 is 0.622 bits per heavy atom. The number of benzene rings is 4. The fourth-order valence-electron chi connectivity index (χ4n) is 6.54. The van der Waals surface area contributed by atoms with Gasteiger partial charge < -0.3 is 0 Å². The zero-order valence-electron chi connectivity index (χ0n) is 25.3. The first kappa shape index (κ1) is 31.6. The molecular formula is C35H35ClN2O5S2. The summed E-state index contributed by atoms with van der Waals surface area (Å²) in [5.41, 5.74) is 4.41. The van der Waals surface area contributed by atoms with Crippen LogP contribution in [0.25, 0.3) is 0 Å². The quantitative estimate of drug-likeness (QED) is 0.227. The highest BCUT2D eigenvalue weighted by Gasteiger charge is 2.54. The molecule has 4 atom stereocenters. The summed E-state index contributed by atoms with van der Waals surface area (Å²) in [6.07, 6.45) is 0.0460. The van der Waals surface area contributed by atoms with Gasteiger partial charge in [0.1, 0.15) is 5.78 Å². The monoisotopic (exact) mass is 662 g/mol. The molecule has 0 bridgehead atoms. The summed E-state index contributed by atoms with van der Waals surface area (Å²) in [6.45, 7) is 5.65. The van der Waals surface area contributed by atoms with E-state index in [0.29, 0.717) is 10.6 Å². The first-order valence-electron chi connectivity index (χ1n) is 14.9. The maximum atomic E-state index is 14.6. The maximum absolute atomic E-state index is 14.6. The highest BCUT2D eigenvalue weighted by molar-refractivity contribution is 7.89. The van der Waals surface area contributed by atoms with Crippen molar-refractivity contribution >= 4 is 37.4 Å². The summed E-state index contributed by atoms with van der Waals surface area (Å²) in [6, 6.07) is 25.6. The molecule has 0 unspecified atom stereocenters. The lowest BCUT2D eigenvalue weighted by Crippen LogP contribution is -2.60. The minimum absolute atomic E-state index is 0.0648. The van der Waals surface area contributed by atoms with Crippen molar-refractivity contribution in [3.8, 4) is 0 Å². The number of fused-ring (bicyclic) bond motifs is 1. The summed E-state index contributed by atoms with van der Waals surface area (Å²) in [4.78, 5) is 14.2. The van der Waals surface area contributed by atoms with E-state index in [1.807, 2.05) is 69.3 Å². The van der Waals surface area contributed by atoms with Crippen molar-refractivity contribution in [2.75, 3.05) is 6.54 Å². The van der Waals surface area contributed by atoms with Gasteiger partial charge >= 0.3 is 0 Å². The Balaban J connectivity index is 1.51. The molecule has 0 saturated carbocycles. The number of rotatable bonds is 6. The molecule has 0 N–H and O–H groups in total. The van der Waals surface area contributed by atoms with Crippen molar-refractivity contribution in [1.29, 1.82) is 0 Å². The molecule has 6 rings (SSSR count). The number of ketones is 1. The number of carbonyl (C=O) groups is 1. The van der Waals surface area contributed by atoms with E-state index in [1.54, 1.807) is 24.3 Å². The molecule has 2 aliphatic rings. The number of carbonyl (C=O) groups excluding carboxylic acids is 1. The summed E-state index contributed by atoms with van der Waals surface area (Å²) < 4.78 is 60.5. The van der Waals surface area contributed by atoms with Crippen molar-refractivity contribution in [1.82, 2.24) is 8.61 Å². The topological polar surface area (TPSA) is 91.8 Å². The van der Waals surface area contributed by atoms with E-state index < -0.39 is 44.1 Å². The molecule has 234 valence electrons. The van der Waals surface area contributed by atoms with E-state index in [1.165, 1.54) is 32.9 Å². The second-order valence-corrected chi connectivity index (χ2v) is 16.3. The number of Topliss-reactive ketones (excluding diaryl/α,β-unsaturated/α-hetero) is 1. The van der Waals surface area contributed by atoms with Crippen molar-refractivity contribution in [2.45, 2.75) is 61.5 Å². The third-order valence-electron chi connectivity index (χ3n) is 9.04. The molecular weight excluding hydrogens is 628 g/mol. The van der Waals surface area contributed by atoms with Crippen LogP contribution in [-0.4, -0.2) is 43.8 Å². The van der Waals surface area contributed by atoms with Crippen LogP contribution in [0.1, 0.15) is 52.7 Å². The average Bonchev–Trinajstić information content (AvgIpc) is 3.01. The lowest BCUT2D eigenvalue weighted by atomic mass is 9.77. The van der Waals surface area contributed by atoms with Crippen molar-refractivity contribution < 1.29 is 21.6 Å². The number of aryl methyl sites for hydroxylation is 3. The molecule has 2 heterocycles. The van der Waals surface area contributed by atoms with Gasteiger partial charge in [-0.1, -0.05) is 89.0 Å². The van der Waals surface area contributed by atoms with E-state index in [2.05, 4.69) is 0 Å². The molecule has 2 fully saturated rings. The number of nitrogens with zero attached hydrogens (tertiary/aromatic N) is 2. The van der Waals surface area contributed by atoms with Crippen LogP contribution in [0.5, 0.6) is 0 Å².